The number of ether oxygens (including phenoxy) is 1. The van der Waals surface area contributed by atoms with Gasteiger partial charge in [-0.15, -0.1) is 0 Å². The van der Waals surface area contributed by atoms with Crippen LogP contribution in [0.4, 0.5) is 0 Å². The zero-order valence-corrected chi connectivity index (χ0v) is 7.65. The van der Waals surface area contributed by atoms with E-state index in [4.69, 9.17) is 4.74 Å². The van der Waals surface area contributed by atoms with E-state index in [0.717, 1.165) is 0 Å². The van der Waals surface area contributed by atoms with E-state index < -0.39 is 5.97 Å². The predicted octanol–water partition coefficient (Wildman–Crippen LogP) is 1.20. The second-order valence-electron chi connectivity index (χ2n) is 3.38. The standard InChI is InChI=1S/C10H10O4/c1-5-4-6-7(11)2-3-8(12)9(6)10(13)14-5/h2-3,5,11-12H,4H2,1H3. The number of carbonyl (C=O) groups excluding carboxylic acids is 1. The zero-order valence-electron chi connectivity index (χ0n) is 7.65. The van der Waals surface area contributed by atoms with E-state index >= 15 is 0 Å². The van der Waals surface area contributed by atoms with E-state index in [1.54, 1.807) is 6.92 Å². The number of hydrogen-bond acceptors (Lipinski definition) is 4. The summed E-state index contributed by atoms with van der Waals surface area (Å²) in [6.07, 6.45) is 0.170. The van der Waals surface area contributed by atoms with Crippen molar-refractivity contribution in [2.75, 3.05) is 0 Å². The number of aromatic hydroxyl groups is 2. The number of cyclic esters (lactones) is 1. The lowest BCUT2D eigenvalue weighted by molar-refractivity contribution is 0.0294. The number of fused-ring (bicyclic) bond motifs is 1. The Morgan fingerprint density at radius 3 is 2.71 bits per heavy atom. The van der Waals surface area contributed by atoms with Crippen LogP contribution in [-0.4, -0.2) is 22.3 Å². The molecule has 2 rings (SSSR count). The Balaban J connectivity index is 2.63. The summed E-state index contributed by atoms with van der Waals surface area (Å²) in [5.41, 5.74) is 0.553. The van der Waals surface area contributed by atoms with Gasteiger partial charge in [-0.3, -0.25) is 0 Å². The second kappa shape index (κ2) is 2.90. The van der Waals surface area contributed by atoms with Crippen molar-refractivity contribution in [1.29, 1.82) is 0 Å². The maximum atomic E-state index is 11.4. The lowest BCUT2D eigenvalue weighted by atomic mass is 9.97. The summed E-state index contributed by atoms with van der Waals surface area (Å²) < 4.78 is 4.94. The van der Waals surface area contributed by atoms with Crippen LogP contribution in [0.2, 0.25) is 0 Å². The first-order chi connectivity index (χ1) is 6.59. The second-order valence-corrected chi connectivity index (χ2v) is 3.38. The Kier molecular flexibility index (Phi) is 1.84. The highest BCUT2D eigenvalue weighted by molar-refractivity contribution is 5.95. The van der Waals surface area contributed by atoms with E-state index in [9.17, 15) is 15.0 Å². The van der Waals surface area contributed by atoms with E-state index in [-0.39, 0.29) is 23.2 Å². The Morgan fingerprint density at radius 2 is 2.00 bits per heavy atom. The first kappa shape index (κ1) is 8.87. The van der Waals surface area contributed by atoms with Gasteiger partial charge < -0.3 is 14.9 Å². The van der Waals surface area contributed by atoms with Crippen LogP contribution < -0.4 is 0 Å². The summed E-state index contributed by atoms with van der Waals surface area (Å²) in [6, 6.07) is 2.66. The minimum Gasteiger partial charge on any atom is -0.508 e. The third kappa shape index (κ3) is 1.19. The molecule has 1 aromatic carbocycles. The van der Waals surface area contributed by atoms with Crippen LogP contribution in [0.25, 0.3) is 0 Å². The zero-order chi connectivity index (χ0) is 10.3. The fourth-order valence-electron chi connectivity index (χ4n) is 1.63. The third-order valence-electron chi connectivity index (χ3n) is 2.27. The van der Waals surface area contributed by atoms with Crippen molar-refractivity contribution in [3.05, 3.63) is 23.3 Å². The van der Waals surface area contributed by atoms with Crippen molar-refractivity contribution in [3.63, 3.8) is 0 Å². The average Bonchev–Trinajstić information content (AvgIpc) is 2.10. The predicted molar refractivity (Wildman–Crippen MR) is 48.4 cm³/mol. The molecule has 14 heavy (non-hydrogen) atoms. The van der Waals surface area contributed by atoms with Gasteiger partial charge in [0.05, 0.1) is 0 Å². The molecule has 1 heterocycles. The van der Waals surface area contributed by atoms with E-state index in [2.05, 4.69) is 0 Å². The number of rotatable bonds is 0. The Morgan fingerprint density at radius 1 is 1.36 bits per heavy atom. The maximum absolute atomic E-state index is 11.4. The molecule has 4 heteroatoms. The smallest absolute Gasteiger partial charge is 0.342 e. The van der Waals surface area contributed by atoms with Gasteiger partial charge in [-0.25, -0.2) is 4.79 Å². The van der Waals surface area contributed by atoms with Crippen LogP contribution >= 0.6 is 0 Å². The molecular weight excluding hydrogens is 184 g/mol. The molecule has 0 saturated heterocycles. The Hall–Kier alpha value is -1.71. The molecule has 0 fully saturated rings. The molecule has 0 radical (unpaired) electrons. The van der Waals surface area contributed by atoms with Gasteiger partial charge >= 0.3 is 5.97 Å². The lowest BCUT2D eigenvalue weighted by Gasteiger charge is -2.22. The van der Waals surface area contributed by atoms with E-state index in [1.807, 2.05) is 0 Å². The van der Waals surface area contributed by atoms with Gasteiger partial charge in [-0.2, -0.15) is 0 Å². The highest BCUT2D eigenvalue weighted by Gasteiger charge is 2.28. The maximum Gasteiger partial charge on any atom is 0.342 e. The molecule has 1 unspecified atom stereocenters. The minimum atomic E-state index is -0.577. The summed E-state index contributed by atoms with van der Waals surface area (Å²) in [7, 11) is 0. The largest absolute Gasteiger partial charge is 0.508 e. The molecule has 1 aliphatic heterocycles. The molecule has 0 aliphatic carbocycles. The molecule has 0 bridgehead atoms. The quantitative estimate of drug-likeness (QED) is 0.481. The van der Waals surface area contributed by atoms with Crippen LogP contribution in [0.3, 0.4) is 0 Å². The lowest BCUT2D eigenvalue weighted by Crippen LogP contribution is -2.25. The number of carbonyl (C=O) groups is 1. The van der Waals surface area contributed by atoms with E-state index in [0.29, 0.717) is 12.0 Å². The Bertz CT molecular complexity index is 397. The van der Waals surface area contributed by atoms with Crippen molar-refractivity contribution >= 4 is 5.97 Å². The molecule has 1 aliphatic rings. The summed E-state index contributed by atoms with van der Waals surface area (Å²) in [5.74, 6) is -0.692. The molecule has 0 saturated carbocycles. The van der Waals surface area contributed by atoms with E-state index in [1.165, 1.54) is 12.1 Å². The van der Waals surface area contributed by atoms with Crippen LogP contribution in [-0.2, 0) is 11.2 Å². The molecule has 74 valence electrons. The number of phenolic OH excluding ortho intramolecular Hbond substituents is 2. The van der Waals surface area contributed by atoms with Crippen LogP contribution in [0.5, 0.6) is 11.5 Å². The van der Waals surface area contributed by atoms with Gasteiger partial charge in [0.2, 0.25) is 0 Å². The summed E-state index contributed by atoms with van der Waals surface area (Å²) in [5, 5.41) is 18.9. The first-order valence-corrected chi connectivity index (χ1v) is 4.34. The van der Waals surface area contributed by atoms with Gasteiger partial charge in [-0.1, -0.05) is 0 Å². The summed E-state index contributed by atoms with van der Waals surface area (Å²) in [6.45, 7) is 1.74. The number of hydrogen-bond donors (Lipinski definition) is 2. The molecule has 1 atom stereocenters. The number of esters is 1. The third-order valence-corrected chi connectivity index (χ3v) is 2.27. The first-order valence-electron chi connectivity index (χ1n) is 4.34. The van der Waals surface area contributed by atoms with Crippen LogP contribution in [0.15, 0.2) is 12.1 Å². The SMILES string of the molecule is CC1Cc2c(O)ccc(O)c2C(=O)O1. The number of benzene rings is 1. The normalized spacial score (nSPS) is 20.1. The molecule has 0 aromatic heterocycles. The summed E-state index contributed by atoms with van der Waals surface area (Å²) in [4.78, 5) is 11.4. The topological polar surface area (TPSA) is 66.8 Å². The highest BCUT2D eigenvalue weighted by Crippen LogP contribution is 2.34. The average molecular weight is 194 g/mol. The fraction of sp³-hybridized carbons (Fsp3) is 0.300. The van der Waals surface area contributed by atoms with Gasteiger partial charge in [0, 0.05) is 12.0 Å². The molecule has 2 N–H and O–H groups in total. The molecule has 0 spiro atoms. The minimum absolute atomic E-state index is 0.0290. The van der Waals surface area contributed by atoms with Crippen LogP contribution in [0.1, 0.15) is 22.8 Å². The van der Waals surface area contributed by atoms with Gasteiger partial charge in [0.15, 0.2) is 0 Å². The van der Waals surface area contributed by atoms with Gasteiger partial charge in [0.1, 0.15) is 23.2 Å². The highest BCUT2D eigenvalue weighted by atomic mass is 16.5. The number of phenols is 2. The van der Waals surface area contributed by atoms with Crippen molar-refractivity contribution in [2.24, 2.45) is 0 Å². The molecule has 1 aromatic rings. The molecule has 4 nitrogen and oxygen atoms in total. The molecule has 0 amide bonds. The van der Waals surface area contributed by atoms with Crippen LogP contribution in [0, 0.1) is 0 Å². The Labute approximate surface area is 80.7 Å². The van der Waals surface area contributed by atoms with Gasteiger partial charge in [0.25, 0.3) is 0 Å². The summed E-state index contributed by atoms with van der Waals surface area (Å²) >= 11 is 0. The van der Waals surface area contributed by atoms with Crippen molar-refractivity contribution in [2.45, 2.75) is 19.4 Å². The molecular formula is C10H10O4. The van der Waals surface area contributed by atoms with Crippen molar-refractivity contribution < 1.29 is 19.7 Å². The van der Waals surface area contributed by atoms with Crippen molar-refractivity contribution in [1.82, 2.24) is 0 Å². The monoisotopic (exact) mass is 194 g/mol. The van der Waals surface area contributed by atoms with Gasteiger partial charge in [-0.05, 0) is 19.1 Å². The fourth-order valence-corrected chi connectivity index (χ4v) is 1.63. The van der Waals surface area contributed by atoms with Crippen molar-refractivity contribution in [3.8, 4) is 11.5 Å².